The highest BCUT2D eigenvalue weighted by Crippen LogP contribution is 2.36. The zero-order valence-electron chi connectivity index (χ0n) is 12.0. The summed E-state index contributed by atoms with van der Waals surface area (Å²) in [6.07, 6.45) is 0.848. The molecule has 5 heteroatoms. The average molecular weight is 303 g/mol. The number of ether oxygens (including phenoxy) is 1. The maximum atomic E-state index is 11.4. The Morgan fingerprint density at radius 1 is 1.43 bits per heavy atom. The zero-order chi connectivity index (χ0) is 15.0. The average Bonchev–Trinajstić information content (AvgIpc) is 2.92. The number of carboxylic acids is 1. The van der Waals surface area contributed by atoms with Gasteiger partial charge in [0.25, 0.3) is 0 Å². The summed E-state index contributed by atoms with van der Waals surface area (Å²) >= 11 is 1.29. The van der Waals surface area contributed by atoms with Gasteiger partial charge in [-0.05, 0) is 24.0 Å². The number of nitrogens with zero attached hydrogens (tertiary/aromatic N) is 1. The lowest BCUT2D eigenvalue weighted by Crippen LogP contribution is -2.19. The van der Waals surface area contributed by atoms with Crippen LogP contribution in [-0.4, -0.2) is 22.7 Å². The van der Waals surface area contributed by atoms with Crippen molar-refractivity contribution in [3.63, 3.8) is 0 Å². The molecule has 1 aliphatic heterocycles. The highest BCUT2D eigenvalue weighted by molar-refractivity contribution is 7.13. The predicted molar refractivity (Wildman–Crippen MR) is 81.5 cm³/mol. The van der Waals surface area contributed by atoms with Crippen LogP contribution < -0.4 is 4.74 Å². The third-order valence-corrected chi connectivity index (χ3v) is 4.86. The molecule has 0 saturated carbocycles. The first kappa shape index (κ1) is 14.1. The summed E-state index contributed by atoms with van der Waals surface area (Å²) in [7, 11) is 0. The molecule has 0 radical (unpaired) electrons. The maximum Gasteiger partial charge on any atom is 0.347 e. The van der Waals surface area contributed by atoms with E-state index in [0.717, 1.165) is 22.7 Å². The molecule has 1 unspecified atom stereocenters. The van der Waals surface area contributed by atoms with Crippen LogP contribution in [0.25, 0.3) is 0 Å². The number of rotatable bonds is 3. The Bertz CT molecular complexity index is 678. The van der Waals surface area contributed by atoms with E-state index in [0.29, 0.717) is 17.2 Å². The van der Waals surface area contributed by atoms with Gasteiger partial charge in [0, 0.05) is 5.92 Å². The molecule has 3 rings (SSSR count). The van der Waals surface area contributed by atoms with Gasteiger partial charge in [0.1, 0.15) is 15.6 Å². The molecule has 4 nitrogen and oxygen atoms in total. The first-order chi connectivity index (χ1) is 10.1. The topological polar surface area (TPSA) is 59.4 Å². The van der Waals surface area contributed by atoms with E-state index in [9.17, 15) is 9.90 Å². The van der Waals surface area contributed by atoms with Gasteiger partial charge in [0.05, 0.1) is 12.3 Å². The van der Waals surface area contributed by atoms with Crippen molar-refractivity contribution in [2.45, 2.75) is 32.1 Å². The lowest BCUT2D eigenvalue weighted by molar-refractivity contribution is 0.0700. The number of para-hydroxylation sites is 1. The molecule has 2 heterocycles. The van der Waals surface area contributed by atoms with Gasteiger partial charge in [-0.2, -0.15) is 0 Å². The molecular weight excluding hydrogens is 286 g/mol. The fourth-order valence-electron chi connectivity index (χ4n) is 2.55. The Kier molecular flexibility index (Phi) is 3.68. The minimum atomic E-state index is -0.889. The van der Waals surface area contributed by atoms with E-state index in [1.54, 1.807) is 0 Å². The Hall–Kier alpha value is -1.88. The van der Waals surface area contributed by atoms with Crippen LogP contribution in [0.1, 0.15) is 51.6 Å². The predicted octanol–water partition coefficient (Wildman–Crippen LogP) is 3.68. The fraction of sp³-hybridized carbons (Fsp3) is 0.375. The number of carbonyl (C=O) groups is 1. The van der Waals surface area contributed by atoms with E-state index in [2.05, 4.69) is 11.1 Å². The summed E-state index contributed by atoms with van der Waals surface area (Å²) in [5.74, 6) is 0.279. The van der Waals surface area contributed by atoms with Crippen molar-refractivity contribution < 1.29 is 14.6 Å². The molecule has 2 aromatic rings. The smallest absolute Gasteiger partial charge is 0.347 e. The van der Waals surface area contributed by atoms with Gasteiger partial charge in [-0.1, -0.05) is 32.0 Å². The quantitative estimate of drug-likeness (QED) is 0.939. The number of fused-ring (bicyclic) bond motifs is 1. The second-order valence-electron chi connectivity index (χ2n) is 5.55. The normalized spacial score (nSPS) is 17.4. The van der Waals surface area contributed by atoms with E-state index < -0.39 is 5.97 Å². The number of benzene rings is 1. The molecule has 1 aromatic heterocycles. The molecule has 110 valence electrons. The van der Waals surface area contributed by atoms with Crippen LogP contribution in [0.15, 0.2) is 24.3 Å². The number of hydrogen-bond donors (Lipinski definition) is 1. The van der Waals surface area contributed by atoms with Gasteiger partial charge in [-0.25, -0.2) is 9.78 Å². The zero-order valence-corrected chi connectivity index (χ0v) is 12.8. The molecule has 21 heavy (non-hydrogen) atoms. The second-order valence-corrected chi connectivity index (χ2v) is 6.58. The van der Waals surface area contributed by atoms with Crippen LogP contribution in [0.4, 0.5) is 0 Å². The minimum absolute atomic E-state index is 0.109. The summed E-state index contributed by atoms with van der Waals surface area (Å²) in [5.41, 5.74) is 1.84. The van der Waals surface area contributed by atoms with Gasteiger partial charge >= 0.3 is 5.97 Å². The monoisotopic (exact) mass is 303 g/mol. The molecule has 0 spiro atoms. The molecule has 1 aliphatic rings. The van der Waals surface area contributed by atoms with E-state index in [1.165, 1.54) is 11.3 Å². The minimum Gasteiger partial charge on any atom is -0.493 e. The number of carboxylic acid groups (broad SMARTS) is 1. The Morgan fingerprint density at radius 2 is 2.19 bits per heavy atom. The Labute approximate surface area is 127 Å². The largest absolute Gasteiger partial charge is 0.493 e. The van der Waals surface area contributed by atoms with Gasteiger partial charge in [-0.15, -0.1) is 11.3 Å². The van der Waals surface area contributed by atoms with Crippen molar-refractivity contribution in [2.75, 3.05) is 6.61 Å². The van der Waals surface area contributed by atoms with Crippen LogP contribution in [0, 0.1) is 0 Å². The fourth-order valence-corrected chi connectivity index (χ4v) is 3.70. The number of hydrogen-bond acceptors (Lipinski definition) is 4. The van der Waals surface area contributed by atoms with Crippen molar-refractivity contribution in [2.24, 2.45) is 0 Å². The van der Waals surface area contributed by atoms with E-state index in [4.69, 9.17) is 4.74 Å². The van der Waals surface area contributed by atoms with Crippen molar-refractivity contribution in [3.05, 3.63) is 45.4 Å². The van der Waals surface area contributed by atoms with E-state index >= 15 is 0 Å². The van der Waals surface area contributed by atoms with Crippen LogP contribution >= 0.6 is 11.3 Å². The summed E-state index contributed by atoms with van der Waals surface area (Å²) in [6, 6.07) is 7.97. The van der Waals surface area contributed by atoms with Crippen LogP contribution in [-0.2, 0) is 6.42 Å². The lowest BCUT2D eigenvalue weighted by Gasteiger charge is -2.23. The van der Waals surface area contributed by atoms with Crippen LogP contribution in [0.5, 0.6) is 5.75 Å². The molecule has 1 atom stereocenters. The second kappa shape index (κ2) is 5.48. The number of aromatic nitrogens is 1. The highest BCUT2D eigenvalue weighted by atomic mass is 32.1. The van der Waals surface area contributed by atoms with Crippen molar-refractivity contribution in [1.82, 2.24) is 4.98 Å². The number of thiazole rings is 1. The standard InChI is InChI=1S/C16H17NO3S/c1-9(2)13-14(16(18)19)21-15(17-13)11-7-10-5-3-4-6-12(10)20-8-11/h3-6,9,11H,7-8H2,1-2H3,(H,18,19). The molecular formula is C16H17NO3S. The van der Waals surface area contributed by atoms with E-state index in [1.807, 2.05) is 32.0 Å². The van der Waals surface area contributed by atoms with Gasteiger partial charge in [-0.3, -0.25) is 0 Å². The van der Waals surface area contributed by atoms with E-state index in [-0.39, 0.29) is 11.8 Å². The summed E-state index contributed by atoms with van der Waals surface area (Å²) in [4.78, 5) is 16.3. The highest BCUT2D eigenvalue weighted by Gasteiger charge is 2.27. The van der Waals surface area contributed by atoms with Gasteiger partial charge in [0.15, 0.2) is 0 Å². The third kappa shape index (κ3) is 2.65. The van der Waals surface area contributed by atoms with Crippen LogP contribution in [0.2, 0.25) is 0 Å². The maximum absolute atomic E-state index is 11.4. The molecule has 1 aromatic carbocycles. The summed E-state index contributed by atoms with van der Waals surface area (Å²) in [5, 5.41) is 10.2. The summed E-state index contributed by atoms with van der Waals surface area (Å²) < 4.78 is 5.78. The summed E-state index contributed by atoms with van der Waals surface area (Å²) in [6.45, 7) is 4.50. The molecule has 1 N–H and O–H groups in total. The van der Waals surface area contributed by atoms with Gasteiger partial charge < -0.3 is 9.84 Å². The SMILES string of the molecule is CC(C)c1nc(C2COc3ccccc3C2)sc1C(=O)O. The molecule has 0 fully saturated rings. The third-order valence-electron chi connectivity index (χ3n) is 3.64. The Morgan fingerprint density at radius 3 is 2.86 bits per heavy atom. The first-order valence-electron chi connectivity index (χ1n) is 7.01. The lowest BCUT2D eigenvalue weighted by atomic mass is 9.97. The van der Waals surface area contributed by atoms with Crippen molar-refractivity contribution >= 4 is 17.3 Å². The van der Waals surface area contributed by atoms with Gasteiger partial charge in [0.2, 0.25) is 0 Å². The van der Waals surface area contributed by atoms with Crippen molar-refractivity contribution in [3.8, 4) is 5.75 Å². The van der Waals surface area contributed by atoms with Crippen molar-refractivity contribution in [1.29, 1.82) is 0 Å². The molecule has 0 amide bonds. The molecule has 0 bridgehead atoms. The molecule has 0 saturated heterocycles. The Balaban J connectivity index is 1.92. The first-order valence-corrected chi connectivity index (χ1v) is 7.82. The van der Waals surface area contributed by atoms with Crippen LogP contribution in [0.3, 0.4) is 0 Å². The number of aromatic carboxylic acids is 1. The molecule has 0 aliphatic carbocycles.